The van der Waals surface area contributed by atoms with Crippen LogP contribution >= 0.6 is 0 Å². The van der Waals surface area contributed by atoms with E-state index in [1.165, 1.54) is 6.92 Å². The van der Waals surface area contributed by atoms with Crippen LogP contribution in [0.15, 0.2) is 0 Å². The van der Waals surface area contributed by atoms with Crippen LogP contribution in [0.5, 0.6) is 0 Å². The molecule has 7 nitrogen and oxygen atoms in total. The zero-order chi connectivity index (χ0) is 12.6. The molecule has 0 rings (SSSR count). The lowest BCUT2D eigenvalue weighted by Gasteiger charge is -2.14. The van der Waals surface area contributed by atoms with E-state index in [9.17, 15) is 14.4 Å². The van der Waals surface area contributed by atoms with Crippen molar-refractivity contribution in [1.82, 2.24) is 16.0 Å². The van der Waals surface area contributed by atoms with Crippen LogP contribution in [0.25, 0.3) is 0 Å². The van der Waals surface area contributed by atoms with E-state index in [2.05, 4.69) is 22.9 Å². The SMILES string of the molecule is [CH2]CNC(=O)CNC(=O)C(CO)NC(C)=O. The zero-order valence-corrected chi connectivity index (χ0v) is 9.08. The Bertz CT molecular complexity index is 267. The summed E-state index contributed by atoms with van der Waals surface area (Å²) in [5.41, 5.74) is 0. The monoisotopic (exact) mass is 230 g/mol. The van der Waals surface area contributed by atoms with Crippen LogP contribution < -0.4 is 16.0 Å². The zero-order valence-electron chi connectivity index (χ0n) is 9.08. The summed E-state index contributed by atoms with van der Waals surface area (Å²) in [6.07, 6.45) is 0. The summed E-state index contributed by atoms with van der Waals surface area (Å²) in [7, 11) is 0. The Labute approximate surface area is 93.6 Å². The van der Waals surface area contributed by atoms with Crippen molar-refractivity contribution in [2.45, 2.75) is 13.0 Å². The number of rotatable bonds is 6. The van der Waals surface area contributed by atoms with Crippen LogP contribution in [0.2, 0.25) is 0 Å². The van der Waals surface area contributed by atoms with Gasteiger partial charge in [-0.1, -0.05) is 0 Å². The van der Waals surface area contributed by atoms with Crippen molar-refractivity contribution < 1.29 is 19.5 Å². The number of aliphatic hydroxyl groups is 1. The van der Waals surface area contributed by atoms with Crippen molar-refractivity contribution in [1.29, 1.82) is 0 Å². The van der Waals surface area contributed by atoms with Crippen LogP contribution in [0.1, 0.15) is 6.92 Å². The third kappa shape index (κ3) is 5.97. The van der Waals surface area contributed by atoms with Gasteiger partial charge in [-0.3, -0.25) is 14.4 Å². The van der Waals surface area contributed by atoms with Gasteiger partial charge in [0.2, 0.25) is 17.7 Å². The first kappa shape index (κ1) is 14.4. The van der Waals surface area contributed by atoms with E-state index in [4.69, 9.17) is 5.11 Å². The quantitative estimate of drug-likeness (QED) is 0.406. The minimum absolute atomic E-state index is 0.218. The fraction of sp³-hybridized carbons (Fsp3) is 0.556. The van der Waals surface area contributed by atoms with Crippen molar-refractivity contribution in [2.75, 3.05) is 19.7 Å². The van der Waals surface area contributed by atoms with Gasteiger partial charge in [-0.05, 0) is 6.92 Å². The Morgan fingerprint density at radius 2 is 1.94 bits per heavy atom. The van der Waals surface area contributed by atoms with Gasteiger partial charge < -0.3 is 21.1 Å². The van der Waals surface area contributed by atoms with Crippen LogP contribution in [0, 0.1) is 6.92 Å². The molecule has 0 aliphatic rings. The number of aliphatic hydroxyl groups excluding tert-OH is 1. The molecule has 0 bridgehead atoms. The minimum Gasteiger partial charge on any atom is -0.394 e. The molecule has 4 N–H and O–H groups in total. The first-order valence-electron chi connectivity index (χ1n) is 4.72. The Hall–Kier alpha value is -1.63. The highest BCUT2D eigenvalue weighted by molar-refractivity contribution is 5.90. The van der Waals surface area contributed by atoms with Crippen LogP contribution in [0.4, 0.5) is 0 Å². The van der Waals surface area contributed by atoms with Crippen LogP contribution in [0.3, 0.4) is 0 Å². The molecule has 0 aromatic heterocycles. The standard InChI is InChI=1S/C9H16N3O4/c1-3-10-8(15)4-11-9(16)7(5-13)12-6(2)14/h7,13H,1,3-5H2,2H3,(H,10,15)(H,11,16)(H,12,14). The molecule has 0 fully saturated rings. The highest BCUT2D eigenvalue weighted by Gasteiger charge is 2.18. The van der Waals surface area contributed by atoms with Crippen molar-refractivity contribution in [2.24, 2.45) is 0 Å². The number of nitrogens with one attached hydrogen (secondary N) is 3. The molecule has 0 heterocycles. The molecule has 91 valence electrons. The first-order chi connectivity index (χ1) is 7.51. The molecule has 1 atom stereocenters. The van der Waals surface area contributed by atoms with E-state index in [-0.39, 0.29) is 19.0 Å². The predicted molar refractivity (Wildman–Crippen MR) is 56.1 cm³/mol. The molecule has 7 heteroatoms. The summed E-state index contributed by atoms with van der Waals surface area (Å²) < 4.78 is 0. The molecular weight excluding hydrogens is 214 g/mol. The molecule has 3 amide bonds. The van der Waals surface area contributed by atoms with E-state index in [0.29, 0.717) is 0 Å². The number of carbonyl (C=O) groups is 3. The van der Waals surface area contributed by atoms with Crippen molar-refractivity contribution in [3.05, 3.63) is 6.92 Å². The van der Waals surface area contributed by atoms with Gasteiger partial charge in [-0.15, -0.1) is 0 Å². The normalized spacial score (nSPS) is 11.4. The Morgan fingerprint density at radius 1 is 1.31 bits per heavy atom. The molecular formula is C9H16N3O4. The summed E-state index contributed by atoms with van der Waals surface area (Å²) in [5.74, 6) is -1.43. The van der Waals surface area contributed by atoms with Crippen LogP contribution in [-0.4, -0.2) is 48.6 Å². The number of hydrogen-bond acceptors (Lipinski definition) is 4. The molecule has 0 aliphatic carbocycles. The van der Waals surface area contributed by atoms with Crippen molar-refractivity contribution >= 4 is 17.7 Å². The van der Waals surface area contributed by atoms with Gasteiger partial charge in [0.05, 0.1) is 13.2 Å². The highest BCUT2D eigenvalue weighted by atomic mass is 16.3. The number of carbonyl (C=O) groups excluding carboxylic acids is 3. The average molecular weight is 230 g/mol. The molecule has 1 unspecified atom stereocenters. The lowest BCUT2D eigenvalue weighted by Crippen LogP contribution is -2.50. The van der Waals surface area contributed by atoms with E-state index in [0.717, 1.165) is 0 Å². The second kappa shape index (κ2) is 7.63. The second-order valence-electron chi connectivity index (χ2n) is 3.00. The molecule has 0 aliphatic heterocycles. The molecule has 0 aromatic rings. The summed E-state index contributed by atoms with van der Waals surface area (Å²) in [4.78, 5) is 33.0. The third-order valence-electron chi connectivity index (χ3n) is 1.62. The predicted octanol–water partition coefficient (Wildman–Crippen LogP) is -2.45. The maximum absolute atomic E-state index is 11.3. The van der Waals surface area contributed by atoms with Crippen LogP contribution in [-0.2, 0) is 14.4 Å². The topological polar surface area (TPSA) is 108 Å². The molecule has 0 aromatic carbocycles. The summed E-state index contributed by atoms with van der Waals surface area (Å²) >= 11 is 0. The maximum Gasteiger partial charge on any atom is 0.245 e. The second-order valence-corrected chi connectivity index (χ2v) is 3.00. The summed E-state index contributed by atoms with van der Waals surface area (Å²) in [5, 5.41) is 15.7. The Morgan fingerprint density at radius 3 is 2.38 bits per heavy atom. The Kier molecular flexibility index (Phi) is 6.86. The van der Waals surface area contributed by atoms with Gasteiger partial charge in [0.25, 0.3) is 0 Å². The van der Waals surface area contributed by atoms with E-state index < -0.39 is 24.5 Å². The highest BCUT2D eigenvalue weighted by Crippen LogP contribution is 1.82. The third-order valence-corrected chi connectivity index (χ3v) is 1.62. The van der Waals surface area contributed by atoms with E-state index >= 15 is 0 Å². The van der Waals surface area contributed by atoms with Gasteiger partial charge in [0.15, 0.2) is 0 Å². The molecule has 0 saturated carbocycles. The lowest BCUT2D eigenvalue weighted by molar-refractivity contribution is -0.130. The van der Waals surface area contributed by atoms with Gasteiger partial charge in [0.1, 0.15) is 6.04 Å². The van der Waals surface area contributed by atoms with Gasteiger partial charge in [-0.25, -0.2) is 0 Å². The molecule has 0 spiro atoms. The summed E-state index contributed by atoms with van der Waals surface area (Å²) in [6, 6.07) is -1.04. The molecule has 16 heavy (non-hydrogen) atoms. The minimum atomic E-state index is -1.04. The van der Waals surface area contributed by atoms with Crippen molar-refractivity contribution in [3.63, 3.8) is 0 Å². The smallest absolute Gasteiger partial charge is 0.245 e. The average Bonchev–Trinajstić information content (AvgIpc) is 2.22. The summed E-state index contributed by atoms with van der Waals surface area (Å²) in [6.45, 7) is 4.11. The fourth-order valence-corrected chi connectivity index (χ4v) is 0.932. The number of amides is 3. The van der Waals surface area contributed by atoms with E-state index in [1.807, 2.05) is 0 Å². The molecule has 1 radical (unpaired) electrons. The maximum atomic E-state index is 11.3. The Balaban J connectivity index is 4.02. The largest absolute Gasteiger partial charge is 0.394 e. The lowest BCUT2D eigenvalue weighted by atomic mass is 10.3. The molecule has 0 saturated heterocycles. The fourth-order valence-electron chi connectivity index (χ4n) is 0.932. The van der Waals surface area contributed by atoms with Gasteiger partial charge in [0, 0.05) is 13.5 Å². The van der Waals surface area contributed by atoms with Gasteiger partial charge >= 0.3 is 0 Å². The van der Waals surface area contributed by atoms with Gasteiger partial charge in [-0.2, -0.15) is 0 Å². The first-order valence-corrected chi connectivity index (χ1v) is 4.72. The number of hydrogen-bond donors (Lipinski definition) is 4. The van der Waals surface area contributed by atoms with E-state index in [1.54, 1.807) is 0 Å². The van der Waals surface area contributed by atoms with Crippen molar-refractivity contribution in [3.8, 4) is 0 Å².